The molecule has 1 spiro atoms. The largest absolute Gasteiger partial charge is 0.376 e. The van der Waals surface area contributed by atoms with Gasteiger partial charge in [0.25, 0.3) is 0 Å². The fraction of sp³-hybridized carbons (Fsp3) is 0.394. The van der Waals surface area contributed by atoms with E-state index in [9.17, 15) is 10.1 Å². The van der Waals surface area contributed by atoms with Crippen LogP contribution in [0.5, 0.6) is 0 Å². The lowest BCUT2D eigenvalue weighted by Gasteiger charge is -2.58. The molecule has 1 aliphatic carbocycles. The standard InChI is InChI=1S/C33H36N10O2/c1-41-20-26(19-38-41)24-7-12-29(35-17-24)43(32(44)37-16-23-5-3-2-4-6-23)28-10-8-27(9-11-28)39-31-36-18-25(15-34)30(40-31)42-14-13-33(42)21-45-22-33/h2-7,12,17-20,27-28H,8-11,13-14,16,21-22H2,1H3,(H,37,44)(H,36,39,40)/t27-,28-. The maximum Gasteiger partial charge on any atom is 0.323 e. The van der Waals surface area contributed by atoms with Crippen molar-refractivity contribution in [2.45, 2.75) is 56.3 Å². The van der Waals surface area contributed by atoms with Crippen molar-refractivity contribution in [3.05, 3.63) is 78.4 Å². The number of rotatable bonds is 8. The number of anilines is 3. The van der Waals surface area contributed by atoms with E-state index in [2.05, 4.69) is 31.7 Å². The van der Waals surface area contributed by atoms with Crippen LogP contribution in [0.3, 0.4) is 0 Å². The van der Waals surface area contributed by atoms with Crippen LogP contribution in [0.4, 0.5) is 22.4 Å². The Labute approximate surface area is 262 Å². The molecule has 0 bridgehead atoms. The first-order chi connectivity index (χ1) is 22.0. The molecule has 3 fully saturated rings. The predicted molar refractivity (Wildman–Crippen MR) is 170 cm³/mol. The topological polar surface area (TPSA) is 137 Å². The Balaban J connectivity index is 1.05. The molecule has 7 rings (SSSR count). The number of nitrogens with one attached hydrogen (secondary N) is 2. The average molecular weight is 605 g/mol. The summed E-state index contributed by atoms with van der Waals surface area (Å²) in [5.74, 6) is 1.83. The highest BCUT2D eigenvalue weighted by Gasteiger charge is 2.52. The van der Waals surface area contributed by atoms with Crippen LogP contribution in [0.1, 0.15) is 43.2 Å². The van der Waals surface area contributed by atoms with E-state index in [1.54, 1.807) is 23.3 Å². The van der Waals surface area contributed by atoms with Crippen LogP contribution in [-0.2, 0) is 18.3 Å². The second kappa shape index (κ2) is 12.2. The molecule has 45 heavy (non-hydrogen) atoms. The third-order valence-corrected chi connectivity index (χ3v) is 9.19. The molecule has 12 nitrogen and oxygen atoms in total. The summed E-state index contributed by atoms with van der Waals surface area (Å²) in [6, 6.07) is 16.0. The molecule has 4 aromatic rings. The summed E-state index contributed by atoms with van der Waals surface area (Å²) in [7, 11) is 1.88. The van der Waals surface area contributed by atoms with E-state index in [-0.39, 0.29) is 23.7 Å². The molecular formula is C33H36N10O2. The van der Waals surface area contributed by atoms with E-state index in [1.807, 2.05) is 60.6 Å². The maximum absolute atomic E-state index is 13.7. The highest BCUT2D eigenvalue weighted by molar-refractivity contribution is 5.91. The Kier molecular flexibility index (Phi) is 7.77. The molecule has 12 heteroatoms. The quantitative estimate of drug-likeness (QED) is 0.302. The van der Waals surface area contributed by atoms with Crippen molar-refractivity contribution in [1.82, 2.24) is 30.0 Å². The van der Waals surface area contributed by atoms with Crippen LogP contribution in [0.15, 0.2) is 67.3 Å². The average Bonchev–Trinajstić information content (AvgIpc) is 3.47. The maximum atomic E-state index is 13.7. The number of carbonyl (C=O) groups excluding carboxylic acids is 1. The van der Waals surface area contributed by atoms with Gasteiger partial charge in [-0.15, -0.1) is 0 Å². The van der Waals surface area contributed by atoms with Crippen LogP contribution in [-0.4, -0.2) is 68.1 Å². The molecule has 230 valence electrons. The molecule has 2 saturated heterocycles. The number of hydrogen-bond acceptors (Lipinski definition) is 9. The normalized spacial score (nSPS) is 20.0. The number of pyridine rings is 1. The Morgan fingerprint density at radius 1 is 1.07 bits per heavy atom. The first-order valence-corrected chi connectivity index (χ1v) is 15.5. The number of hydrogen-bond donors (Lipinski definition) is 2. The molecule has 2 amide bonds. The number of nitrogens with zero attached hydrogens (tertiary/aromatic N) is 8. The number of aromatic nitrogens is 5. The number of benzene rings is 1. The molecule has 3 aliphatic rings. The Morgan fingerprint density at radius 3 is 2.51 bits per heavy atom. The van der Waals surface area contributed by atoms with Gasteiger partial charge in [0, 0.05) is 55.7 Å². The van der Waals surface area contributed by atoms with Gasteiger partial charge in [0.15, 0.2) is 5.82 Å². The van der Waals surface area contributed by atoms with Crippen molar-refractivity contribution < 1.29 is 9.53 Å². The van der Waals surface area contributed by atoms with Gasteiger partial charge in [-0.1, -0.05) is 30.3 Å². The number of nitriles is 1. The fourth-order valence-corrected chi connectivity index (χ4v) is 6.48. The molecule has 0 unspecified atom stereocenters. The minimum Gasteiger partial charge on any atom is -0.376 e. The summed E-state index contributed by atoms with van der Waals surface area (Å²) < 4.78 is 7.23. The zero-order chi connectivity index (χ0) is 30.8. The lowest BCUT2D eigenvalue weighted by Crippen LogP contribution is -2.71. The van der Waals surface area contributed by atoms with Crippen molar-refractivity contribution in [3.8, 4) is 17.2 Å². The lowest BCUT2D eigenvalue weighted by atomic mass is 9.82. The van der Waals surface area contributed by atoms with Gasteiger partial charge in [-0.05, 0) is 49.8 Å². The minimum absolute atomic E-state index is 0.0208. The SMILES string of the molecule is Cn1cc(-c2ccc(N(C(=O)NCc3ccccc3)[C@H]3CC[C@H](Nc4ncc(C#N)c(N5CCC56COC6)n4)CC3)nc2)cn1. The van der Waals surface area contributed by atoms with Crippen LogP contribution in [0.2, 0.25) is 0 Å². The summed E-state index contributed by atoms with van der Waals surface area (Å²) in [4.78, 5) is 31.7. The van der Waals surface area contributed by atoms with Crippen LogP contribution in [0.25, 0.3) is 11.1 Å². The molecule has 2 N–H and O–H groups in total. The van der Waals surface area contributed by atoms with Gasteiger partial charge in [0.2, 0.25) is 5.95 Å². The molecule has 0 radical (unpaired) electrons. The highest BCUT2D eigenvalue weighted by atomic mass is 16.5. The van der Waals surface area contributed by atoms with E-state index in [4.69, 9.17) is 14.7 Å². The van der Waals surface area contributed by atoms with Gasteiger partial charge >= 0.3 is 6.03 Å². The van der Waals surface area contributed by atoms with Crippen molar-refractivity contribution in [3.63, 3.8) is 0 Å². The third-order valence-electron chi connectivity index (χ3n) is 9.19. The smallest absolute Gasteiger partial charge is 0.323 e. The molecule has 1 saturated carbocycles. The van der Waals surface area contributed by atoms with Gasteiger partial charge in [0.05, 0.1) is 31.1 Å². The number of aryl methyl sites for hydroxylation is 1. The van der Waals surface area contributed by atoms with Gasteiger partial charge in [-0.2, -0.15) is 15.3 Å². The van der Waals surface area contributed by atoms with Crippen molar-refractivity contribution in [1.29, 1.82) is 5.26 Å². The summed E-state index contributed by atoms with van der Waals surface area (Å²) >= 11 is 0. The van der Waals surface area contributed by atoms with Gasteiger partial charge in [-0.25, -0.2) is 14.8 Å². The number of ether oxygens (including phenoxy) is 1. The summed E-state index contributed by atoms with van der Waals surface area (Å²) in [6.45, 7) is 2.64. The lowest BCUT2D eigenvalue weighted by molar-refractivity contribution is -0.0851. The summed E-state index contributed by atoms with van der Waals surface area (Å²) in [5, 5.41) is 20.6. The van der Waals surface area contributed by atoms with Crippen LogP contribution < -0.4 is 20.4 Å². The van der Waals surface area contributed by atoms with Crippen molar-refractivity contribution in [2.75, 3.05) is 34.9 Å². The first-order valence-electron chi connectivity index (χ1n) is 15.5. The summed E-state index contributed by atoms with van der Waals surface area (Å²) in [6.07, 6.45) is 11.5. The Bertz CT molecular complexity index is 1680. The minimum atomic E-state index is -0.166. The van der Waals surface area contributed by atoms with Gasteiger partial charge in [0.1, 0.15) is 17.5 Å². The van der Waals surface area contributed by atoms with E-state index < -0.39 is 0 Å². The second-order valence-corrected chi connectivity index (χ2v) is 12.1. The van der Waals surface area contributed by atoms with Crippen molar-refractivity contribution >= 4 is 23.6 Å². The van der Waals surface area contributed by atoms with Crippen LogP contribution in [0, 0.1) is 11.3 Å². The predicted octanol–water partition coefficient (Wildman–Crippen LogP) is 4.26. The molecule has 0 atom stereocenters. The van der Waals surface area contributed by atoms with E-state index in [0.717, 1.165) is 55.3 Å². The zero-order valence-electron chi connectivity index (χ0n) is 25.3. The Hall–Kier alpha value is -5.02. The van der Waals surface area contributed by atoms with Gasteiger partial charge < -0.3 is 20.3 Å². The van der Waals surface area contributed by atoms with Crippen LogP contribution >= 0.6 is 0 Å². The fourth-order valence-electron chi connectivity index (χ4n) is 6.48. The summed E-state index contributed by atoms with van der Waals surface area (Å²) in [5.41, 5.74) is 3.41. The van der Waals surface area contributed by atoms with Crippen molar-refractivity contribution in [2.24, 2.45) is 7.05 Å². The molecular weight excluding hydrogens is 568 g/mol. The number of amides is 2. The highest BCUT2D eigenvalue weighted by Crippen LogP contribution is 2.41. The van der Waals surface area contributed by atoms with E-state index in [0.29, 0.717) is 42.9 Å². The molecule has 3 aromatic heterocycles. The molecule has 5 heterocycles. The molecule has 2 aliphatic heterocycles. The molecule has 1 aromatic carbocycles. The first kappa shape index (κ1) is 28.7. The van der Waals surface area contributed by atoms with E-state index in [1.165, 1.54) is 0 Å². The van der Waals surface area contributed by atoms with E-state index >= 15 is 0 Å². The third kappa shape index (κ3) is 5.79. The monoisotopic (exact) mass is 604 g/mol. The zero-order valence-corrected chi connectivity index (χ0v) is 25.3. The Morgan fingerprint density at radius 2 is 1.89 bits per heavy atom. The number of urea groups is 1. The van der Waals surface area contributed by atoms with Gasteiger partial charge in [-0.3, -0.25) is 9.58 Å². The number of carbonyl (C=O) groups is 1. The second-order valence-electron chi connectivity index (χ2n) is 12.1.